The van der Waals surface area contributed by atoms with Crippen LogP contribution < -0.4 is 10.4 Å². The average molecular weight is 530 g/mol. The largest absolute Gasteiger partial charge is 0.482 e. The summed E-state index contributed by atoms with van der Waals surface area (Å²) in [6.07, 6.45) is 1.24. The fraction of sp³-hybridized carbons (Fsp3) is 0.519. The Morgan fingerprint density at radius 2 is 1.92 bits per heavy atom. The van der Waals surface area contributed by atoms with E-state index in [1.807, 2.05) is 0 Å². The molecule has 2 aliphatic rings. The van der Waals surface area contributed by atoms with Crippen LogP contribution in [-0.2, 0) is 28.6 Å². The van der Waals surface area contributed by atoms with Crippen molar-refractivity contribution in [2.24, 2.45) is 11.8 Å². The second kappa shape index (κ2) is 10.2. The van der Waals surface area contributed by atoms with Gasteiger partial charge in [-0.25, -0.2) is 4.79 Å². The highest BCUT2D eigenvalue weighted by atomic mass is 16.6. The van der Waals surface area contributed by atoms with E-state index in [1.54, 1.807) is 32.2 Å². The number of carbonyl (C=O) groups excluding carboxylic acids is 3. The topological polar surface area (TPSA) is 151 Å². The second-order valence-corrected chi connectivity index (χ2v) is 10.2. The number of esters is 3. The molecular formula is C27H31NO10. The molecule has 6 atom stereocenters. The lowest BCUT2D eigenvalue weighted by Gasteiger charge is -2.54. The molecule has 0 bridgehead atoms. The fourth-order valence-electron chi connectivity index (χ4n) is 5.54. The third-order valence-electron chi connectivity index (χ3n) is 7.43. The fourth-order valence-corrected chi connectivity index (χ4v) is 5.54. The molecule has 204 valence electrons. The molecule has 38 heavy (non-hydrogen) atoms. The van der Waals surface area contributed by atoms with E-state index in [0.29, 0.717) is 5.56 Å². The molecule has 11 nitrogen and oxygen atoms in total. The van der Waals surface area contributed by atoms with Crippen LogP contribution in [0.15, 0.2) is 39.8 Å². The van der Waals surface area contributed by atoms with Gasteiger partial charge in [0.15, 0.2) is 0 Å². The number of aromatic nitrogens is 1. The van der Waals surface area contributed by atoms with E-state index >= 15 is 0 Å². The van der Waals surface area contributed by atoms with Crippen molar-refractivity contribution in [2.45, 2.75) is 70.9 Å². The first-order valence-electron chi connectivity index (χ1n) is 12.3. The molecule has 0 saturated heterocycles. The predicted molar refractivity (Wildman–Crippen MR) is 131 cm³/mol. The van der Waals surface area contributed by atoms with Crippen LogP contribution in [0, 0.1) is 11.8 Å². The highest BCUT2D eigenvalue weighted by Crippen LogP contribution is 2.54. The lowest BCUT2D eigenvalue weighted by molar-refractivity contribution is -0.215. The zero-order valence-corrected chi connectivity index (χ0v) is 21.9. The van der Waals surface area contributed by atoms with Gasteiger partial charge in [-0.3, -0.25) is 19.4 Å². The minimum absolute atomic E-state index is 0.0588. The van der Waals surface area contributed by atoms with Crippen molar-refractivity contribution < 1.29 is 42.9 Å². The van der Waals surface area contributed by atoms with Crippen molar-refractivity contribution in [2.75, 3.05) is 6.61 Å². The first-order chi connectivity index (χ1) is 17.8. The van der Waals surface area contributed by atoms with Crippen molar-refractivity contribution in [1.29, 1.82) is 0 Å². The summed E-state index contributed by atoms with van der Waals surface area (Å²) < 4.78 is 28.4. The van der Waals surface area contributed by atoms with Crippen LogP contribution in [0.25, 0.3) is 11.3 Å². The van der Waals surface area contributed by atoms with Crippen LogP contribution in [0.3, 0.4) is 0 Å². The zero-order valence-electron chi connectivity index (χ0n) is 21.9. The van der Waals surface area contributed by atoms with Gasteiger partial charge in [0.05, 0.1) is 6.10 Å². The van der Waals surface area contributed by atoms with E-state index in [1.165, 1.54) is 33.0 Å². The quantitative estimate of drug-likeness (QED) is 0.434. The lowest BCUT2D eigenvalue weighted by Crippen LogP contribution is -2.63. The summed E-state index contributed by atoms with van der Waals surface area (Å²) in [7, 11) is 0. The Morgan fingerprint density at radius 3 is 2.53 bits per heavy atom. The molecule has 1 unspecified atom stereocenters. The van der Waals surface area contributed by atoms with Gasteiger partial charge in [0.1, 0.15) is 41.0 Å². The molecule has 2 aromatic rings. The summed E-state index contributed by atoms with van der Waals surface area (Å²) in [6, 6.07) is 4.92. The summed E-state index contributed by atoms with van der Waals surface area (Å²) in [5, 5.41) is 11.5. The van der Waals surface area contributed by atoms with Crippen LogP contribution in [0.2, 0.25) is 0 Å². The Bertz CT molecular complexity index is 1290. The summed E-state index contributed by atoms with van der Waals surface area (Å²) in [5.74, 6) is -2.70. The summed E-state index contributed by atoms with van der Waals surface area (Å²) in [4.78, 5) is 52.8. The lowest BCUT2D eigenvalue weighted by atomic mass is 9.62. The van der Waals surface area contributed by atoms with Crippen molar-refractivity contribution in [1.82, 2.24) is 4.98 Å². The number of nitrogens with zero attached hydrogens (tertiary/aromatic N) is 1. The number of pyridine rings is 1. The van der Waals surface area contributed by atoms with E-state index in [9.17, 15) is 24.3 Å². The highest BCUT2D eigenvalue weighted by Gasteiger charge is 2.60. The van der Waals surface area contributed by atoms with E-state index in [2.05, 4.69) is 4.98 Å². The molecule has 4 rings (SSSR count). The molecule has 11 heteroatoms. The molecule has 1 aliphatic heterocycles. The van der Waals surface area contributed by atoms with E-state index in [-0.39, 0.29) is 36.5 Å². The third kappa shape index (κ3) is 5.15. The molecule has 0 radical (unpaired) electrons. The Balaban J connectivity index is 1.78. The first kappa shape index (κ1) is 27.3. The molecule has 1 fully saturated rings. The number of aliphatic hydroxyl groups excluding tert-OH is 1. The van der Waals surface area contributed by atoms with Crippen molar-refractivity contribution in [3.8, 4) is 17.1 Å². The number of fused-ring (bicyclic) bond motifs is 2. The predicted octanol–water partition coefficient (Wildman–Crippen LogP) is 2.73. The molecule has 0 aromatic carbocycles. The Hall–Kier alpha value is -3.73. The maximum absolute atomic E-state index is 13.1. The van der Waals surface area contributed by atoms with Gasteiger partial charge >= 0.3 is 23.5 Å². The highest BCUT2D eigenvalue weighted by molar-refractivity contribution is 5.68. The SMILES string of the molecule is CC(=O)OCC(C)(OC(C)=O)[C@@H]1C[C@@H]2[C@@H](O)c3c(cc(-c4cccnc4)oc3=O)O[C@@]2(C)[C@H](OC(C)=O)C1. The summed E-state index contributed by atoms with van der Waals surface area (Å²) >= 11 is 0. The number of aliphatic hydroxyl groups is 1. The van der Waals surface area contributed by atoms with Crippen molar-refractivity contribution in [3.05, 3.63) is 46.6 Å². The van der Waals surface area contributed by atoms with E-state index in [0.717, 1.165) is 0 Å². The Kier molecular flexibility index (Phi) is 7.33. The molecule has 1 aliphatic carbocycles. The molecule has 3 heterocycles. The Labute approximate surface area is 219 Å². The van der Waals surface area contributed by atoms with Gasteiger partial charge in [-0.2, -0.15) is 0 Å². The normalized spacial score (nSPS) is 27.5. The van der Waals surface area contributed by atoms with E-state index < -0.39 is 58.8 Å². The first-order valence-corrected chi connectivity index (χ1v) is 12.3. The van der Waals surface area contributed by atoms with Gasteiger partial charge in [-0.15, -0.1) is 0 Å². The van der Waals surface area contributed by atoms with Gasteiger partial charge in [0, 0.05) is 56.6 Å². The minimum atomic E-state index is -1.35. The van der Waals surface area contributed by atoms with Gasteiger partial charge < -0.3 is 28.5 Å². The number of carbonyl (C=O) groups is 3. The number of rotatable bonds is 6. The second-order valence-electron chi connectivity index (χ2n) is 10.2. The molecule has 0 spiro atoms. The average Bonchev–Trinajstić information content (AvgIpc) is 2.83. The van der Waals surface area contributed by atoms with E-state index in [4.69, 9.17) is 23.4 Å². The molecule has 0 amide bonds. The molecular weight excluding hydrogens is 498 g/mol. The third-order valence-corrected chi connectivity index (χ3v) is 7.43. The number of hydrogen-bond acceptors (Lipinski definition) is 11. The maximum atomic E-state index is 13.1. The Morgan fingerprint density at radius 1 is 1.18 bits per heavy atom. The van der Waals surface area contributed by atoms with Gasteiger partial charge in [0.2, 0.25) is 0 Å². The van der Waals surface area contributed by atoms with Crippen LogP contribution in [0.4, 0.5) is 0 Å². The van der Waals surface area contributed by atoms with Gasteiger partial charge in [-0.05, 0) is 38.8 Å². The monoisotopic (exact) mass is 529 g/mol. The number of hydrogen-bond donors (Lipinski definition) is 1. The van der Waals surface area contributed by atoms with Crippen LogP contribution in [0.1, 0.15) is 59.1 Å². The minimum Gasteiger partial charge on any atom is -0.482 e. The van der Waals surface area contributed by atoms with Crippen LogP contribution in [-0.4, -0.2) is 51.9 Å². The molecule has 2 aromatic heterocycles. The zero-order chi connectivity index (χ0) is 27.8. The van der Waals surface area contributed by atoms with Crippen molar-refractivity contribution in [3.63, 3.8) is 0 Å². The standard InChI is InChI=1S/C27H31NO10/c1-14(29)34-13-26(4,37-16(3)31)18-9-19-24(32)23-21(38-27(19,5)22(10-18)35-15(2)30)11-20(36-25(23)33)17-7-6-8-28-12-17/h6-8,11-12,18-19,22,24,32H,9-10,13H2,1-5H3/t18-,19-,22-,24-,26?,27-/m1/s1. The van der Waals surface area contributed by atoms with Gasteiger partial charge in [0.25, 0.3) is 0 Å². The van der Waals surface area contributed by atoms with Crippen LogP contribution in [0.5, 0.6) is 5.75 Å². The number of ether oxygens (including phenoxy) is 4. The maximum Gasteiger partial charge on any atom is 0.345 e. The smallest absolute Gasteiger partial charge is 0.345 e. The van der Waals surface area contributed by atoms with Gasteiger partial charge in [-0.1, -0.05) is 0 Å². The molecule has 1 saturated carbocycles. The molecule has 1 N–H and O–H groups in total. The summed E-state index contributed by atoms with van der Waals surface area (Å²) in [5.41, 5.74) is -2.83. The van der Waals surface area contributed by atoms with Crippen LogP contribution >= 0.6 is 0 Å². The summed E-state index contributed by atoms with van der Waals surface area (Å²) in [6.45, 7) is 6.82. The van der Waals surface area contributed by atoms with Crippen molar-refractivity contribution >= 4 is 17.9 Å².